The largest absolute Gasteiger partial charge is 0.483 e. The van der Waals surface area contributed by atoms with E-state index in [1.165, 1.54) is 12.8 Å². The van der Waals surface area contributed by atoms with Gasteiger partial charge in [-0.15, -0.1) is 0 Å². The summed E-state index contributed by atoms with van der Waals surface area (Å²) in [5, 5.41) is 6.89. The molecule has 0 unspecified atom stereocenters. The van der Waals surface area contributed by atoms with Crippen molar-refractivity contribution in [2.24, 2.45) is 4.99 Å². The standard InChI is InChI=1S/C20H32FN5.CH2O2/c1-2-3-9-18-24-19-16(20(22)25-18)13-23-17(19)8-6-4-5-7-11-26-12-10-15(21)14-26;2-1-3/h15H,2-14H2,1H3,(H2,22,24,25);1H,(H,2,3)/t15-;/m1./s1. The highest BCUT2D eigenvalue weighted by Gasteiger charge is 2.22. The summed E-state index contributed by atoms with van der Waals surface area (Å²) < 4.78 is 13.1. The molecule has 3 heterocycles. The normalized spacial score (nSPS) is 18.1. The van der Waals surface area contributed by atoms with Crippen LogP contribution in [-0.2, 0) is 17.8 Å². The molecule has 29 heavy (non-hydrogen) atoms. The third kappa shape index (κ3) is 7.34. The van der Waals surface area contributed by atoms with Gasteiger partial charge in [-0.05, 0) is 38.6 Å². The molecule has 1 saturated heterocycles. The number of nitrogens with zero attached hydrogens (tertiary/aromatic N) is 4. The highest BCUT2D eigenvalue weighted by atomic mass is 19.1. The molecule has 8 heteroatoms. The fraction of sp³-hybridized carbons (Fsp3) is 0.714. The summed E-state index contributed by atoms with van der Waals surface area (Å²) >= 11 is 0. The number of nitrogen functional groups attached to an aromatic ring is 1. The second kappa shape index (κ2) is 12.5. The van der Waals surface area contributed by atoms with Crippen molar-refractivity contribution in [2.45, 2.75) is 77.4 Å². The van der Waals surface area contributed by atoms with Gasteiger partial charge in [0.05, 0.1) is 18.0 Å². The van der Waals surface area contributed by atoms with E-state index in [0.29, 0.717) is 25.3 Å². The van der Waals surface area contributed by atoms with Crippen LogP contribution < -0.4 is 5.73 Å². The van der Waals surface area contributed by atoms with Gasteiger partial charge in [0.15, 0.2) is 0 Å². The second-order valence-corrected chi connectivity index (χ2v) is 7.67. The number of aliphatic imine (C=N–C) groups is 1. The van der Waals surface area contributed by atoms with Crippen molar-refractivity contribution in [1.29, 1.82) is 0 Å². The average molecular weight is 408 g/mol. The first kappa shape index (κ1) is 23.2. The summed E-state index contributed by atoms with van der Waals surface area (Å²) in [6.45, 7) is 5.15. The van der Waals surface area contributed by atoms with E-state index in [1.54, 1.807) is 0 Å². The van der Waals surface area contributed by atoms with Crippen molar-refractivity contribution in [2.75, 3.05) is 25.4 Å². The summed E-state index contributed by atoms with van der Waals surface area (Å²) in [4.78, 5) is 24.5. The van der Waals surface area contributed by atoms with E-state index < -0.39 is 6.17 Å². The van der Waals surface area contributed by atoms with Crippen LogP contribution in [0.3, 0.4) is 0 Å². The molecule has 2 aliphatic rings. The van der Waals surface area contributed by atoms with Gasteiger partial charge in [-0.1, -0.05) is 26.2 Å². The number of hydrogen-bond acceptors (Lipinski definition) is 6. The maximum atomic E-state index is 13.1. The maximum absolute atomic E-state index is 13.1. The number of aromatic nitrogens is 2. The minimum absolute atomic E-state index is 0.250. The first-order valence-electron chi connectivity index (χ1n) is 10.7. The molecule has 1 aromatic rings. The summed E-state index contributed by atoms with van der Waals surface area (Å²) in [6.07, 6.45) is 8.84. The smallest absolute Gasteiger partial charge is 0.290 e. The number of carbonyl (C=O) groups is 1. The number of rotatable bonds is 10. The topological polar surface area (TPSA) is 105 Å². The van der Waals surface area contributed by atoms with Gasteiger partial charge in [-0.25, -0.2) is 14.4 Å². The molecule has 1 atom stereocenters. The Balaban J connectivity index is 0.000000941. The van der Waals surface area contributed by atoms with Gasteiger partial charge < -0.3 is 15.7 Å². The van der Waals surface area contributed by atoms with Crippen LogP contribution in [-0.4, -0.2) is 58.0 Å². The van der Waals surface area contributed by atoms with Gasteiger partial charge in [-0.2, -0.15) is 0 Å². The van der Waals surface area contributed by atoms with E-state index in [1.807, 2.05) is 0 Å². The Morgan fingerprint density at radius 3 is 2.66 bits per heavy atom. The molecule has 0 saturated carbocycles. The number of anilines is 1. The number of alkyl halides is 1. The van der Waals surface area contributed by atoms with Crippen LogP contribution in [0.15, 0.2) is 4.99 Å². The lowest BCUT2D eigenvalue weighted by Gasteiger charge is -2.13. The van der Waals surface area contributed by atoms with Crippen molar-refractivity contribution >= 4 is 18.0 Å². The first-order valence-corrected chi connectivity index (χ1v) is 10.7. The summed E-state index contributed by atoms with van der Waals surface area (Å²) in [6, 6.07) is 0. The van der Waals surface area contributed by atoms with Gasteiger partial charge in [-0.3, -0.25) is 9.79 Å². The number of unbranched alkanes of at least 4 members (excludes halogenated alkanes) is 4. The number of aryl methyl sites for hydroxylation is 1. The lowest BCUT2D eigenvalue weighted by Crippen LogP contribution is -2.22. The highest BCUT2D eigenvalue weighted by Crippen LogP contribution is 2.25. The van der Waals surface area contributed by atoms with E-state index in [2.05, 4.69) is 21.8 Å². The third-order valence-electron chi connectivity index (χ3n) is 5.39. The minimum Gasteiger partial charge on any atom is -0.483 e. The molecule has 0 aliphatic carbocycles. The molecule has 0 aromatic carbocycles. The number of hydrogen-bond donors (Lipinski definition) is 2. The van der Waals surface area contributed by atoms with Gasteiger partial charge in [0.2, 0.25) is 0 Å². The minimum atomic E-state index is -0.605. The Bertz CT molecular complexity index is 683. The zero-order chi connectivity index (χ0) is 21.1. The Morgan fingerprint density at radius 1 is 1.21 bits per heavy atom. The number of fused-ring (bicyclic) bond motifs is 1. The Labute approximate surface area is 172 Å². The van der Waals surface area contributed by atoms with E-state index in [4.69, 9.17) is 20.6 Å². The van der Waals surface area contributed by atoms with E-state index >= 15 is 0 Å². The fourth-order valence-corrected chi connectivity index (χ4v) is 3.81. The molecule has 3 N–H and O–H groups in total. The van der Waals surface area contributed by atoms with E-state index in [9.17, 15) is 4.39 Å². The highest BCUT2D eigenvalue weighted by molar-refractivity contribution is 6.02. The van der Waals surface area contributed by atoms with Crippen molar-refractivity contribution in [3.63, 3.8) is 0 Å². The zero-order valence-electron chi connectivity index (χ0n) is 17.4. The van der Waals surface area contributed by atoms with Gasteiger partial charge >= 0.3 is 0 Å². The van der Waals surface area contributed by atoms with Crippen LogP contribution >= 0.6 is 0 Å². The van der Waals surface area contributed by atoms with Crippen LogP contribution in [0.5, 0.6) is 0 Å². The molecular weight excluding hydrogens is 373 g/mol. The van der Waals surface area contributed by atoms with Crippen molar-refractivity contribution in [3.8, 4) is 0 Å². The second-order valence-electron chi connectivity index (χ2n) is 7.67. The van der Waals surface area contributed by atoms with E-state index in [-0.39, 0.29) is 6.47 Å². The average Bonchev–Trinajstić information content (AvgIpc) is 3.30. The predicted molar refractivity (Wildman–Crippen MR) is 113 cm³/mol. The van der Waals surface area contributed by atoms with Crippen LogP contribution in [0.2, 0.25) is 0 Å². The lowest BCUT2D eigenvalue weighted by molar-refractivity contribution is -0.122. The quantitative estimate of drug-likeness (QED) is 0.455. The fourth-order valence-electron chi connectivity index (χ4n) is 3.81. The molecule has 0 spiro atoms. The van der Waals surface area contributed by atoms with Crippen LogP contribution in [0, 0.1) is 0 Å². The number of halogens is 1. The third-order valence-corrected chi connectivity index (χ3v) is 5.39. The molecule has 7 nitrogen and oxygen atoms in total. The molecule has 1 fully saturated rings. The summed E-state index contributed by atoms with van der Waals surface area (Å²) in [7, 11) is 0. The van der Waals surface area contributed by atoms with Gasteiger partial charge in [0.25, 0.3) is 6.47 Å². The predicted octanol–water partition coefficient (Wildman–Crippen LogP) is 3.40. The van der Waals surface area contributed by atoms with Crippen LogP contribution in [0.1, 0.15) is 75.4 Å². The molecule has 3 rings (SSSR count). The molecular formula is C21H34FN5O2. The SMILES string of the molecule is CCCCc1nc(N)c2c(n1)C(CCCCCCN1CC[C@@H](F)C1)=NC2.O=CO. The summed E-state index contributed by atoms with van der Waals surface area (Å²) in [5.41, 5.74) is 9.22. The molecule has 0 radical (unpaired) electrons. The van der Waals surface area contributed by atoms with E-state index in [0.717, 1.165) is 74.4 Å². The van der Waals surface area contributed by atoms with Crippen molar-refractivity contribution in [3.05, 3.63) is 17.1 Å². The van der Waals surface area contributed by atoms with Crippen molar-refractivity contribution < 1.29 is 14.3 Å². The van der Waals surface area contributed by atoms with Gasteiger partial charge in [0.1, 0.15) is 17.8 Å². The lowest BCUT2D eigenvalue weighted by atomic mass is 10.1. The molecule has 1 aromatic heterocycles. The molecule has 162 valence electrons. The van der Waals surface area contributed by atoms with Crippen LogP contribution in [0.25, 0.3) is 0 Å². The maximum Gasteiger partial charge on any atom is 0.290 e. The number of nitrogens with two attached hydrogens (primary N) is 1. The monoisotopic (exact) mass is 407 g/mol. The Hall–Kier alpha value is -2.09. The molecule has 2 aliphatic heterocycles. The zero-order valence-corrected chi connectivity index (χ0v) is 17.4. The Kier molecular flexibility index (Phi) is 9.97. The van der Waals surface area contributed by atoms with Crippen molar-refractivity contribution in [1.82, 2.24) is 14.9 Å². The Morgan fingerprint density at radius 2 is 1.97 bits per heavy atom. The molecule has 0 amide bonds. The number of carboxylic acid groups (broad SMARTS) is 1. The molecule has 0 bridgehead atoms. The van der Waals surface area contributed by atoms with Crippen LogP contribution in [0.4, 0.5) is 10.2 Å². The first-order chi connectivity index (χ1) is 14.1. The summed E-state index contributed by atoms with van der Waals surface area (Å²) in [5.74, 6) is 1.46. The number of likely N-dealkylation sites (tertiary alicyclic amines) is 1. The van der Waals surface area contributed by atoms with Gasteiger partial charge in [0, 0.05) is 25.1 Å².